The molecule has 1 aromatic heterocycles. The van der Waals surface area contributed by atoms with Gasteiger partial charge < -0.3 is 10.1 Å². The van der Waals surface area contributed by atoms with E-state index < -0.39 is 10.0 Å². The zero-order chi connectivity index (χ0) is 19.4. The van der Waals surface area contributed by atoms with Gasteiger partial charge in [-0.1, -0.05) is 0 Å². The van der Waals surface area contributed by atoms with Crippen LogP contribution in [-0.4, -0.2) is 37.8 Å². The van der Waals surface area contributed by atoms with Gasteiger partial charge in [-0.3, -0.25) is 9.48 Å². The topological polar surface area (TPSA) is 102 Å². The number of ether oxygens (including phenoxy) is 1. The minimum Gasteiger partial charge on any atom is -0.497 e. The molecule has 1 heterocycles. The van der Waals surface area contributed by atoms with Gasteiger partial charge in [-0.05, 0) is 43.5 Å². The molecule has 1 aromatic carbocycles. The first-order chi connectivity index (χ1) is 12.9. The molecule has 1 aliphatic carbocycles. The van der Waals surface area contributed by atoms with Crippen molar-refractivity contribution in [1.82, 2.24) is 19.8 Å². The van der Waals surface area contributed by atoms with Gasteiger partial charge in [-0.2, -0.15) is 5.10 Å². The predicted octanol–water partition coefficient (Wildman–Crippen LogP) is 1.29. The minimum atomic E-state index is -3.66. The van der Waals surface area contributed by atoms with E-state index in [0.717, 1.165) is 30.5 Å². The Morgan fingerprint density at radius 2 is 2.07 bits per heavy atom. The molecule has 1 unspecified atom stereocenters. The molecular formula is C18H24N4O4S. The van der Waals surface area contributed by atoms with E-state index in [1.807, 2.05) is 11.7 Å². The molecule has 0 spiro atoms. The fourth-order valence-corrected chi connectivity index (χ4v) is 4.29. The maximum atomic E-state index is 12.3. The van der Waals surface area contributed by atoms with E-state index in [1.54, 1.807) is 18.3 Å². The summed E-state index contributed by atoms with van der Waals surface area (Å²) in [5.74, 6) is 0.393. The first-order valence-corrected chi connectivity index (χ1v) is 10.3. The summed E-state index contributed by atoms with van der Waals surface area (Å²) in [6, 6.07) is 6.03. The average molecular weight is 392 g/mol. The maximum Gasteiger partial charge on any atom is 0.240 e. The van der Waals surface area contributed by atoms with Crippen LogP contribution < -0.4 is 14.8 Å². The molecule has 8 nitrogen and oxygen atoms in total. The van der Waals surface area contributed by atoms with Crippen molar-refractivity contribution >= 4 is 15.9 Å². The lowest BCUT2D eigenvalue weighted by atomic mass is 9.93. The largest absolute Gasteiger partial charge is 0.497 e. The monoisotopic (exact) mass is 392 g/mol. The summed E-state index contributed by atoms with van der Waals surface area (Å²) in [6.07, 6.45) is 4.68. The van der Waals surface area contributed by atoms with Gasteiger partial charge in [0.2, 0.25) is 15.9 Å². The zero-order valence-electron chi connectivity index (χ0n) is 15.4. The van der Waals surface area contributed by atoms with Crippen molar-refractivity contribution in [3.8, 4) is 5.75 Å². The van der Waals surface area contributed by atoms with Crippen LogP contribution in [0.3, 0.4) is 0 Å². The van der Waals surface area contributed by atoms with Crippen molar-refractivity contribution in [2.75, 3.05) is 13.7 Å². The third-order valence-electron chi connectivity index (χ3n) is 4.72. The summed E-state index contributed by atoms with van der Waals surface area (Å²) in [4.78, 5) is 12.4. The van der Waals surface area contributed by atoms with Crippen molar-refractivity contribution in [2.24, 2.45) is 7.05 Å². The van der Waals surface area contributed by atoms with Gasteiger partial charge in [-0.25, -0.2) is 13.1 Å². The molecule has 0 saturated heterocycles. The number of amides is 1. The lowest BCUT2D eigenvalue weighted by molar-refractivity contribution is -0.121. The number of hydrogen-bond acceptors (Lipinski definition) is 5. The molecule has 2 aromatic rings. The summed E-state index contributed by atoms with van der Waals surface area (Å²) < 4.78 is 33.9. The second-order valence-electron chi connectivity index (χ2n) is 6.51. The van der Waals surface area contributed by atoms with Crippen molar-refractivity contribution in [3.63, 3.8) is 0 Å². The highest BCUT2D eigenvalue weighted by Crippen LogP contribution is 2.29. The number of methoxy groups -OCH3 is 1. The van der Waals surface area contributed by atoms with Crippen LogP contribution in [0, 0.1) is 0 Å². The Balaban J connectivity index is 1.52. The molecule has 0 radical (unpaired) electrons. The first kappa shape index (κ1) is 19.4. The van der Waals surface area contributed by atoms with E-state index in [0.29, 0.717) is 5.75 Å². The summed E-state index contributed by atoms with van der Waals surface area (Å²) in [5.41, 5.74) is 2.20. The van der Waals surface area contributed by atoms with Gasteiger partial charge >= 0.3 is 0 Å². The maximum absolute atomic E-state index is 12.3. The molecule has 0 bridgehead atoms. The van der Waals surface area contributed by atoms with E-state index in [-0.39, 0.29) is 29.8 Å². The van der Waals surface area contributed by atoms with Gasteiger partial charge in [0.15, 0.2) is 0 Å². The van der Waals surface area contributed by atoms with Crippen LogP contribution in [0.15, 0.2) is 35.4 Å². The molecule has 0 aliphatic heterocycles. The Labute approximate surface area is 159 Å². The van der Waals surface area contributed by atoms with Crippen molar-refractivity contribution in [2.45, 2.75) is 36.6 Å². The molecule has 0 saturated carbocycles. The fourth-order valence-electron chi connectivity index (χ4n) is 3.26. The average Bonchev–Trinajstić information content (AvgIpc) is 3.04. The van der Waals surface area contributed by atoms with Crippen LogP contribution >= 0.6 is 0 Å². The number of nitrogens with one attached hydrogen (secondary N) is 2. The number of carbonyl (C=O) groups is 1. The molecule has 0 fully saturated rings. The number of benzene rings is 1. The Morgan fingerprint density at radius 1 is 1.33 bits per heavy atom. The quantitative estimate of drug-likeness (QED) is 0.739. The van der Waals surface area contributed by atoms with Crippen LogP contribution in [0.25, 0.3) is 0 Å². The molecule has 1 atom stereocenters. The third-order valence-corrected chi connectivity index (χ3v) is 6.20. The van der Waals surface area contributed by atoms with E-state index in [4.69, 9.17) is 4.74 Å². The second kappa shape index (κ2) is 8.10. The number of fused-ring (bicyclic) bond motifs is 1. The Hall–Kier alpha value is -2.39. The van der Waals surface area contributed by atoms with E-state index in [9.17, 15) is 13.2 Å². The van der Waals surface area contributed by atoms with Gasteiger partial charge in [0.05, 0.1) is 24.2 Å². The standard InChI is InChI=1S/C18H24N4O4S/c1-22-17-5-3-4-16(15(17)12-19-22)21-18(23)10-11-20-27(24,25)14-8-6-13(26-2)7-9-14/h6-9,12,16,20H,3-5,10-11H2,1-2H3,(H,21,23). The smallest absolute Gasteiger partial charge is 0.240 e. The molecule has 27 heavy (non-hydrogen) atoms. The van der Waals surface area contributed by atoms with Crippen molar-refractivity contribution in [3.05, 3.63) is 41.7 Å². The molecule has 9 heteroatoms. The van der Waals surface area contributed by atoms with Crippen LogP contribution in [-0.2, 0) is 28.3 Å². The summed E-state index contributed by atoms with van der Waals surface area (Å²) in [5, 5.41) is 7.25. The third kappa shape index (κ3) is 4.48. The Kier molecular flexibility index (Phi) is 5.81. The van der Waals surface area contributed by atoms with Crippen LogP contribution in [0.5, 0.6) is 5.75 Å². The lowest BCUT2D eigenvalue weighted by Gasteiger charge is -2.23. The predicted molar refractivity (Wildman–Crippen MR) is 99.8 cm³/mol. The molecule has 3 rings (SSSR count). The SMILES string of the molecule is COc1ccc(S(=O)(=O)NCCC(=O)NC2CCCc3c2cnn3C)cc1. The summed E-state index contributed by atoms with van der Waals surface area (Å²) >= 11 is 0. The second-order valence-corrected chi connectivity index (χ2v) is 8.27. The number of aryl methyl sites for hydroxylation is 1. The highest BCUT2D eigenvalue weighted by molar-refractivity contribution is 7.89. The Bertz CT molecular complexity index is 906. The van der Waals surface area contributed by atoms with Crippen molar-refractivity contribution in [1.29, 1.82) is 0 Å². The normalized spacial score (nSPS) is 16.6. The van der Waals surface area contributed by atoms with Gasteiger partial charge in [0, 0.05) is 31.3 Å². The number of nitrogens with zero attached hydrogens (tertiary/aromatic N) is 2. The molecule has 146 valence electrons. The summed E-state index contributed by atoms with van der Waals surface area (Å²) in [7, 11) is -0.243. The fraction of sp³-hybridized carbons (Fsp3) is 0.444. The van der Waals surface area contributed by atoms with E-state index in [1.165, 1.54) is 19.2 Å². The highest BCUT2D eigenvalue weighted by Gasteiger charge is 2.24. The van der Waals surface area contributed by atoms with Gasteiger partial charge in [-0.15, -0.1) is 0 Å². The van der Waals surface area contributed by atoms with Gasteiger partial charge in [0.1, 0.15) is 5.75 Å². The molecular weight excluding hydrogens is 368 g/mol. The van der Waals surface area contributed by atoms with Crippen LogP contribution in [0.2, 0.25) is 0 Å². The zero-order valence-corrected chi connectivity index (χ0v) is 16.3. The van der Waals surface area contributed by atoms with E-state index in [2.05, 4.69) is 15.1 Å². The van der Waals surface area contributed by atoms with Crippen molar-refractivity contribution < 1.29 is 17.9 Å². The number of sulfonamides is 1. The van der Waals surface area contributed by atoms with Gasteiger partial charge in [0.25, 0.3) is 0 Å². The molecule has 1 aliphatic rings. The number of aromatic nitrogens is 2. The van der Waals surface area contributed by atoms with Crippen LogP contribution in [0.1, 0.15) is 36.6 Å². The van der Waals surface area contributed by atoms with E-state index >= 15 is 0 Å². The lowest BCUT2D eigenvalue weighted by Crippen LogP contribution is -2.34. The minimum absolute atomic E-state index is 0.0345. The molecule has 2 N–H and O–H groups in total. The summed E-state index contributed by atoms with van der Waals surface area (Å²) in [6.45, 7) is 0.0345. The van der Waals surface area contributed by atoms with Crippen LogP contribution in [0.4, 0.5) is 0 Å². The number of rotatable bonds is 7. The highest BCUT2D eigenvalue weighted by atomic mass is 32.2. The number of carbonyl (C=O) groups excluding carboxylic acids is 1. The molecule has 1 amide bonds. The Morgan fingerprint density at radius 3 is 2.78 bits per heavy atom. The first-order valence-electron chi connectivity index (χ1n) is 8.84. The number of hydrogen-bond donors (Lipinski definition) is 2.